The summed E-state index contributed by atoms with van der Waals surface area (Å²) in [7, 11) is 0. The van der Waals surface area contributed by atoms with Gasteiger partial charge in [0.25, 0.3) is 5.19 Å². The number of carbonyl (C=O) groups is 1. The van der Waals surface area contributed by atoms with Crippen LogP contribution in [0, 0.1) is 0 Å². The third kappa shape index (κ3) is 4.22. The van der Waals surface area contributed by atoms with Crippen LogP contribution in [0.3, 0.4) is 0 Å². The fourth-order valence-electron chi connectivity index (χ4n) is 2.62. The van der Waals surface area contributed by atoms with Gasteiger partial charge in [0.2, 0.25) is 5.91 Å². The smallest absolute Gasteiger partial charge is 0.273 e. The number of amides is 1. The number of carbonyl (C=O) groups excluding carboxylic acids is 1. The Hall–Kier alpha value is -2.08. The molecule has 0 spiro atoms. The molecule has 0 bridgehead atoms. The van der Waals surface area contributed by atoms with E-state index in [0.717, 1.165) is 24.3 Å². The van der Waals surface area contributed by atoms with E-state index >= 15 is 0 Å². The van der Waals surface area contributed by atoms with E-state index in [4.69, 9.17) is 9.47 Å². The maximum absolute atomic E-state index is 12.4. The van der Waals surface area contributed by atoms with E-state index in [1.165, 1.54) is 11.3 Å². The molecule has 0 radical (unpaired) electrons. The van der Waals surface area contributed by atoms with Gasteiger partial charge >= 0.3 is 0 Å². The van der Waals surface area contributed by atoms with Gasteiger partial charge in [-0.25, -0.2) is 4.98 Å². The minimum absolute atomic E-state index is 0.0467. The second-order valence-corrected chi connectivity index (χ2v) is 6.28. The van der Waals surface area contributed by atoms with Gasteiger partial charge in [-0.2, -0.15) is 0 Å². The van der Waals surface area contributed by atoms with Crippen molar-refractivity contribution in [2.24, 2.45) is 0 Å². The molecule has 122 valence electrons. The number of hydrogen-bond acceptors (Lipinski definition) is 5. The summed E-state index contributed by atoms with van der Waals surface area (Å²) < 4.78 is 11.2. The van der Waals surface area contributed by atoms with Crippen molar-refractivity contribution < 1.29 is 14.3 Å². The van der Waals surface area contributed by atoms with Crippen LogP contribution < -0.4 is 9.47 Å². The second-order valence-electron chi connectivity index (χ2n) is 5.42. The Balaban J connectivity index is 1.50. The zero-order valence-corrected chi connectivity index (χ0v) is 13.9. The number of hydrogen-bond donors (Lipinski definition) is 0. The minimum atomic E-state index is 0.0467. The van der Waals surface area contributed by atoms with Crippen LogP contribution in [0.4, 0.5) is 0 Å². The van der Waals surface area contributed by atoms with Crippen LogP contribution in [0.1, 0.15) is 18.9 Å². The van der Waals surface area contributed by atoms with Gasteiger partial charge in [0.05, 0.1) is 19.6 Å². The fourth-order valence-corrected chi connectivity index (χ4v) is 3.17. The van der Waals surface area contributed by atoms with Crippen molar-refractivity contribution in [1.82, 2.24) is 9.88 Å². The lowest BCUT2D eigenvalue weighted by Gasteiger charge is -2.16. The number of likely N-dealkylation sites (tertiary alicyclic amines) is 1. The topological polar surface area (TPSA) is 51.7 Å². The highest BCUT2D eigenvalue weighted by Gasteiger charge is 2.28. The summed E-state index contributed by atoms with van der Waals surface area (Å²) in [4.78, 5) is 18.4. The second kappa shape index (κ2) is 7.46. The van der Waals surface area contributed by atoms with Crippen molar-refractivity contribution >= 4 is 17.2 Å². The van der Waals surface area contributed by atoms with E-state index in [1.54, 1.807) is 6.20 Å². The predicted octanol–water partition coefficient (Wildman–Crippen LogP) is 2.76. The van der Waals surface area contributed by atoms with Gasteiger partial charge < -0.3 is 14.4 Å². The first-order valence-corrected chi connectivity index (χ1v) is 8.68. The molecule has 1 atom stereocenters. The molecule has 1 aliphatic heterocycles. The first-order valence-electron chi connectivity index (χ1n) is 7.80. The number of rotatable bonds is 6. The van der Waals surface area contributed by atoms with Gasteiger partial charge in [0, 0.05) is 24.5 Å². The third-order valence-electron chi connectivity index (χ3n) is 3.76. The molecule has 2 heterocycles. The van der Waals surface area contributed by atoms with Gasteiger partial charge in [-0.05, 0) is 24.6 Å². The Morgan fingerprint density at radius 1 is 1.39 bits per heavy atom. The molecule has 1 aromatic heterocycles. The summed E-state index contributed by atoms with van der Waals surface area (Å²) in [6.07, 6.45) is 3.04. The average molecular weight is 332 g/mol. The highest BCUT2D eigenvalue weighted by atomic mass is 32.1. The molecule has 1 unspecified atom stereocenters. The summed E-state index contributed by atoms with van der Waals surface area (Å²) in [6.45, 7) is 3.98. The van der Waals surface area contributed by atoms with E-state index < -0.39 is 0 Å². The molecule has 1 fully saturated rings. The summed E-state index contributed by atoms with van der Waals surface area (Å²) >= 11 is 1.48. The lowest BCUT2D eigenvalue weighted by molar-refractivity contribution is -0.129. The fraction of sp³-hybridized carbons (Fsp3) is 0.412. The highest BCUT2D eigenvalue weighted by molar-refractivity contribution is 7.11. The Bertz CT molecular complexity index is 628. The Morgan fingerprint density at radius 2 is 2.22 bits per heavy atom. The number of aromatic nitrogens is 1. The minimum Gasteiger partial charge on any atom is -0.494 e. The number of thiazole rings is 1. The zero-order chi connectivity index (χ0) is 16.1. The number of benzene rings is 1. The summed E-state index contributed by atoms with van der Waals surface area (Å²) in [5, 5.41) is 2.56. The number of ether oxygens (including phenoxy) is 2. The SMILES string of the molecule is CCOc1ccc(CC(=O)N2CCC(Oc3nccs3)C2)cc1. The van der Waals surface area contributed by atoms with Crippen molar-refractivity contribution in [3.63, 3.8) is 0 Å². The van der Waals surface area contributed by atoms with Crippen LogP contribution in [0.25, 0.3) is 0 Å². The van der Waals surface area contributed by atoms with Gasteiger partial charge in [0.1, 0.15) is 11.9 Å². The van der Waals surface area contributed by atoms with Gasteiger partial charge in [0.15, 0.2) is 0 Å². The summed E-state index contributed by atoms with van der Waals surface area (Å²) in [5.74, 6) is 0.973. The maximum Gasteiger partial charge on any atom is 0.273 e. The Morgan fingerprint density at radius 3 is 2.91 bits per heavy atom. The molecule has 0 saturated carbocycles. The first-order chi connectivity index (χ1) is 11.2. The third-order valence-corrected chi connectivity index (χ3v) is 4.43. The standard InChI is InChI=1S/C17H20N2O3S/c1-2-21-14-5-3-13(4-6-14)11-16(20)19-9-7-15(12-19)22-17-18-8-10-23-17/h3-6,8,10,15H,2,7,9,11-12H2,1H3. The van der Waals surface area contributed by atoms with Crippen LogP contribution in [-0.2, 0) is 11.2 Å². The monoisotopic (exact) mass is 332 g/mol. The molecule has 23 heavy (non-hydrogen) atoms. The van der Waals surface area contributed by atoms with Crippen LogP contribution in [0.15, 0.2) is 35.8 Å². The van der Waals surface area contributed by atoms with Crippen molar-refractivity contribution in [2.45, 2.75) is 25.9 Å². The highest BCUT2D eigenvalue weighted by Crippen LogP contribution is 2.21. The van der Waals surface area contributed by atoms with Crippen LogP contribution in [0.5, 0.6) is 10.9 Å². The van der Waals surface area contributed by atoms with E-state index in [1.807, 2.05) is 41.5 Å². The average Bonchev–Trinajstić information content (AvgIpc) is 3.22. The molecule has 0 N–H and O–H groups in total. The van der Waals surface area contributed by atoms with E-state index in [0.29, 0.717) is 24.8 Å². The summed E-state index contributed by atoms with van der Waals surface area (Å²) in [5.41, 5.74) is 1.00. The molecular weight excluding hydrogens is 312 g/mol. The van der Waals surface area contributed by atoms with Gasteiger partial charge in [-0.1, -0.05) is 23.5 Å². The van der Waals surface area contributed by atoms with E-state index in [-0.39, 0.29) is 12.0 Å². The van der Waals surface area contributed by atoms with Crippen molar-refractivity contribution in [3.05, 3.63) is 41.4 Å². The van der Waals surface area contributed by atoms with Crippen LogP contribution >= 0.6 is 11.3 Å². The lowest BCUT2D eigenvalue weighted by Crippen LogP contribution is -2.32. The Kier molecular flexibility index (Phi) is 5.12. The molecule has 2 aromatic rings. The van der Waals surface area contributed by atoms with Gasteiger partial charge in [-0.15, -0.1) is 0 Å². The van der Waals surface area contributed by atoms with E-state index in [2.05, 4.69) is 4.98 Å². The van der Waals surface area contributed by atoms with Crippen molar-refractivity contribution in [3.8, 4) is 10.9 Å². The van der Waals surface area contributed by atoms with Crippen molar-refractivity contribution in [2.75, 3.05) is 19.7 Å². The molecule has 5 nitrogen and oxygen atoms in total. The normalized spacial score (nSPS) is 17.3. The summed E-state index contributed by atoms with van der Waals surface area (Å²) in [6, 6.07) is 7.71. The molecule has 1 aliphatic rings. The molecule has 0 aliphatic carbocycles. The van der Waals surface area contributed by atoms with Crippen LogP contribution in [0.2, 0.25) is 0 Å². The van der Waals surface area contributed by atoms with E-state index in [9.17, 15) is 4.79 Å². The molecule has 1 aromatic carbocycles. The van der Waals surface area contributed by atoms with Crippen LogP contribution in [-0.4, -0.2) is 41.6 Å². The molecule has 1 amide bonds. The Labute approximate surface area is 139 Å². The molecule has 3 rings (SSSR count). The largest absolute Gasteiger partial charge is 0.494 e. The quantitative estimate of drug-likeness (QED) is 0.816. The molecule has 1 saturated heterocycles. The maximum atomic E-state index is 12.4. The predicted molar refractivity (Wildman–Crippen MR) is 89.0 cm³/mol. The molecular formula is C17H20N2O3S. The zero-order valence-electron chi connectivity index (χ0n) is 13.1. The lowest BCUT2D eigenvalue weighted by atomic mass is 10.1. The number of nitrogens with zero attached hydrogens (tertiary/aromatic N) is 2. The molecule has 6 heteroatoms. The van der Waals surface area contributed by atoms with Gasteiger partial charge in [-0.3, -0.25) is 4.79 Å². The first kappa shape index (κ1) is 15.8. The van der Waals surface area contributed by atoms with Crippen molar-refractivity contribution in [1.29, 1.82) is 0 Å².